The summed E-state index contributed by atoms with van der Waals surface area (Å²) in [6, 6.07) is 8.40. The lowest BCUT2D eigenvalue weighted by Crippen LogP contribution is -2.64. The lowest BCUT2D eigenvalue weighted by Gasteiger charge is -2.45. The third kappa shape index (κ3) is 7.43. The number of rotatable bonds is 9. The van der Waals surface area contributed by atoms with Crippen LogP contribution in [0.15, 0.2) is 36.4 Å². The molecule has 19 heteroatoms. The molecule has 19 nitrogen and oxygen atoms in total. The predicted molar refractivity (Wildman–Crippen MR) is 167 cm³/mol. The summed E-state index contributed by atoms with van der Waals surface area (Å²) >= 11 is 0. The zero-order chi connectivity index (χ0) is 37.6. The third-order valence-corrected chi connectivity index (χ3v) is 9.50. The van der Waals surface area contributed by atoms with Crippen LogP contribution in [-0.4, -0.2) is 167 Å². The van der Waals surface area contributed by atoms with E-state index < -0.39 is 123 Å². The maximum atomic E-state index is 13.2. The highest BCUT2D eigenvalue weighted by atomic mass is 16.8. The van der Waals surface area contributed by atoms with Gasteiger partial charge >= 0.3 is 0 Å². The van der Waals surface area contributed by atoms with Crippen LogP contribution in [0.4, 0.5) is 0 Å². The molecule has 6 rings (SSSR count). The molecule has 0 bridgehead atoms. The maximum absolute atomic E-state index is 13.2. The summed E-state index contributed by atoms with van der Waals surface area (Å²) in [5.74, 6) is -1.09. The van der Waals surface area contributed by atoms with Gasteiger partial charge in [-0.15, -0.1) is 0 Å². The number of aliphatic hydroxyl groups is 10. The smallest absolute Gasteiger partial charge is 0.229 e. The van der Waals surface area contributed by atoms with Gasteiger partial charge in [-0.2, -0.15) is 0 Å². The summed E-state index contributed by atoms with van der Waals surface area (Å²) in [6.07, 6.45) is -24.2. The first kappa shape index (κ1) is 38.5. The van der Waals surface area contributed by atoms with E-state index in [9.17, 15) is 61.0 Å². The van der Waals surface area contributed by atoms with E-state index in [0.29, 0.717) is 5.56 Å². The molecule has 0 saturated carbocycles. The highest BCUT2D eigenvalue weighted by molar-refractivity contribution is 6.02. The van der Waals surface area contributed by atoms with Gasteiger partial charge in [-0.3, -0.25) is 4.79 Å². The number of fused-ring (bicyclic) bond motifs is 1. The second-order valence-electron chi connectivity index (χ2n) is 13.0. The number of hydrogen-bond donors (Lipinski definition) is 11. The molecule has 2 aromatic rings. The number of ether oxygens (including phenoxy) is 7. The van der Waals surface area contributed by atoms with Crippen LogP contribution >= 0.6 is 0 Å². The Hall–Kier alpha value is -3.25. The Labute approximate surface area is 295 Å². The maximum Gasteiger partial charge on any atom is 0.229 e. The van der Waals surface area contributed by atoms with Crippen LogP contribution in [0.5, 0.6) is 23.0 Å². The van der Waals surface area contributed by atoms with E-state index >= 15 is 0 Å². The topological polar surface area (TPSA) is 304 Å². The molecular formula is C33H42O19. The Bertz CT molecular complexity index is 1540. The second-order valence-corrected chi connectivity index (χ2v) is 13.0. The van der Waals surface area contributed by atoms with E-state index in [1.54, 1.807) is 12.1 Å². The molecule has 3 fully saturated rings. The van der Waals surface area contributed by atoms with Gasteiger partial charge in [-0.05, 0) is 24.6 Å². The van der Waals surface area contributed by atoms with Crippen molar-refractivity contribution in [1.82, 2.24) is 0 Å². The average Bonchev–Trinajstić information content (AvgIpc) is 3.12. The molecule has 0 radical (unpaired) electrons. The summed E-state index contributed by atoms with van der Waals surface area (Å²) in [5.41, 5.74) is 0.345. The van der Waals surface area contributed by atoms with Gasteiger partial charge in [0.2, 0.25) is 12.6 Å². The van der Waals surface area contributed by atoms with Gasteiger partial charge in [0.05, 0.1) is 25.7 Å². The van der Waals surface area contributed by atoms with Crippen molar-refractivity contribution < 1.29 is 94.1 Å². The number of phenols is 1. The van der Waals surface area contributed by atoms with Crippen LogP contribution in [0.2, 0.25) is 0 Å². The molecule has 4 aliphatic rings. The molecule has 0 aromatic heterocycles. The van der Waals surface area contributed by atoms with E-state index in [2.05, 4.69) is 0 Å². The number of carbonyl (C=O) groups excluding carboxylic acids is 1. The van der Waals surface area contributed by atoms with Crippen molar-refractivity contribution in [2.75, 3.05) is 13.2 Å². The van der Waals surface area contributed by atoms with Crippen LogP contribution in [-0.2, 0) is 18.9 Å². The van der Waals surface area contributed by atoms with Crippen LogP contribution in [0.1, 0.15) is 35.4 Å². The van der Waals surface area contributed by atoms with Gasteiger partial charge in [0.25, 0.3) is 0 Å². The minimum Gasteiger partial charge on any atom is -0.507 e. The fraction of sp³-hybridized carbons (Fsp3) is 0.606. The molecule has 7 unspecified atom stereocenters. The number of ketones is 1. The summed E-state index contributed by atoms with van der Waals surface area (Å²) in [4.78, 5) is 13.2. The van der Waals surface area contributed by atoms with Crippen molar-refractivity contribution in [3.05, 3.63) is 47.5 Å². The minimum atomic E-state index is -1.80. The van der Waals surface area contributed by atoms with Gasteiger partial charge in [-0.1, -0.05) is 12.1 Å². The standard InChI is InChI=1S/C33H42O19/c1-11-22(38)25(41)28(44)31(46-11)52-30-27(43)24(40)20(10-35)51-33(30)48-14-6-15(36)21-16(37)8-17(49-18(21)7-14)12-2-4-13(5-3-12)47-32-29(45)26(42)23(39)19(9-34)50-32/h2-7,11,17,19-20,22-36,38-45H,8-10H2,1H3/t11?,17?,19?,20?,22-,23+,24+,25-,26+,27+,28?,29?,30?,31-,32-,33+/m0/s1. The van der Waals surface area contributed by atoms with Crippen LogP contribution in [0.25, 0.3) is 0 Å². The SMILES string of the molecule is CC1O[C@@H](OC2[C@H](Oc3cc(O)c4c(c3)OC(c3ccc(O[C@H]5OC(CO)[C@@H](O)[C@@H](O)C5O)cc3)CC4=O)OC(CO)[C@@H](O)[C@H]2O)C(O)[C@@H](O)[C@H]1O. The number of benzene rings is 2. The summed E-state index contributed by atoms with van der Waals surface area (Å²) in [6.45, 7) is 0.0222. The summed E-state index contributed by atoms with van der Waals surface area (Å²) < 4.78 is 39.8. The van der Waals surface area contributed by atoms with Gasteiger partial charge in [-0.25, -0.2) is 0 Å². The molecular weight excluding hydrogens is 700 g/mol. The minimum absolute atomic E-state index is 0.0950. The number of aliphatic hydroxyl groups excluding tert-OH is 10. The molecule has 0 spiro atoms. The Morgan fingerprint density at radius 2 is 1.25 bits per heavy atom. The van der Waals surface area contributed by atoms with Crippen LogP contribution in [0.3, 0.4) is 0 Å². The molecule has 4 heterocycles. The van der Waals surface area contributed by atoms with Crippen molar-refractivity contribution >= 4 is 5.78 Å². The highest BCUT2D eigenvalue weighted by Crippen LogP contribution is 2.43. The van der Waals surface area contributed by atoms with E-state index in [0.717, 1.165) is 6.07 Å². The van der Waals surface area contributed by atoms with Crippen molar-refractivity contribution in [3.63, 3.8) is 0 Å². The number of carbonyl (C=O) groups is 1. The van der Waals surface area contributed by atoms with Gasteiger partial charge < -0.3 is 89.3 Å². The first-order valence-electron chi connectivity index (χ1n) is 16.5. The molecule has 0 aliphatic carbocycles. The van der Waals surface area contributed by atoms with Crippen molar-refractivity contribution in [1.29, 1.82) is 0 Å². The normalized spacial score (nSPS) is 40.8. The Morgan fingerprint density at radius 3 is 1.90 bits per heavy atom. The molecule has 288 valence electrons. The average molecular weight is 743 g/mol. The summed E-state index contributed by atoms with van der Waals surface area (Å²) in [5, 5.41) is 113. The number of Topliss-reactive ketones (excluding diaryl/α,β-unsaturated/α-hetero) is 1. The van der Waals surface area contributed by atoms with Gasteiger partial charge in [0.1, 0.15) is 95.7 Å². The van der Waals surface area contributed by atoms with Crippen LogP contribution < -0.4 is 14.2 Å². The highest BCUT2D eigenvalue weighted by Gasteiger charge is 2.51. The third-order valence-electron chi connectivity index (χ3n) is 9.50. The molecule has 16 atom stereocenters. The van der Waals surface area contributed by atoms with Gasteiger partial charge in [0.15, 0.2) is 18.2 Å². The number of hydrogen-bond acceptors (Lipinski definition) is 19. The fourth-order valence-electron chi connectivity index (χ4n) is 6.44. The number of aromatic hydroxyl groups is 1. The van der Waals surface area contributed by atoms with Crippen LogP contribution in [0, 0.1) is 0 Å². The first-order valence-corrected chi connectivity index (χ1v) is 16.5. The molecule has 0 amide bonds. The Morgan fingerprint density at radius 1 is 0.673 bits per heavy atom. The molecule has 4 aliphatic heterocycles. The first-order chi connectivity index (χ1) is 24.7. The quantitative estimate of drug-likeness (QED) is 0.118. The Kier molecular flexibility index (Phi) is 11.6. The second kappa shape index (κ2) is 15.6. The van der Waals surface area contributed by atoms with E-state index in [1.165, 1.54) is 25.1 Å². The van der Waals surface area contributed by atoms with E-state index in [1.807, 2.05) is 0 Å². The van der Waals surface area contributed by atoms with E-state index in [4.69, 9.17) is 33.2 Å². The largest absolute Gasteiger partial charge is 0.507 e. The number of phenolic OH excluding ortho intramolecular Hbond substituents is 1. The lowest BCUT2D eigenvalue weighted by atomic mass is 9.95. The zero-order valence-corrected chi connectivity index (χ0v) is 27.5. The van der Waals surface area contributed by atoms with Gasteiger partial charge in [0, 0.05) is 12.1 Å². The zero-order valence-electron chi connectivity index (χ0n) is 27.5. The van der Waals surface area contributed by atoms with Crippen molar-refractivity contribution in [3.8, 4) is 23.0 Å². The van der Waals surface area contributed by atoms with E-state index in [-0.39, 0.29) is 29.2 Å². The molecule has 2 aromatic carbocycles. The van der Waals surface area contributed by atoms with Crippen molar-refractivity contribution in [2.45, 2.75) is 112 Å². The Balaban J connectivity index is 1.19. The summed E-state index contributed by atoms with van der Waals surface area (Å²) in [7, 11) is 0. The monoisotopic (exact) mass is 742 g/mol. The fourth-order valence-corrected chi connectivity index (χ4v) is 6.44. The predicted octanol–water partition coefficient (Wildman–Crippen LogP) is -3.69. The molecule has 3 saturated heterocycles. The molecule has 11 N–H and O–H groups in total. The van der Waals surface area contributed by atoms with Crippen molar-refractivity contribution in [2.24, 2.45) is 0 Å². The lowest BCUT2D eigenvalue weighted by molar-refractivity contribution is -0.354. The molecule has 52 heavy (non-hydrogen) atoms.